The van der Waals surface area contributed by atoms with E-state index in [1.807, 2.05) is 35.7 Å². The molecule has 1 aliphatic heterocycles. The van der Waals surface area contributed by atoms with E-state index in [2.05, 4.69) is 16.7 Å². The number of thiophene rings is 1. The predicted molar refractivity (Wildman–Crippen MR) is 84.0 cm³/mol. The van der Waals surface area contributed by atoms with E-state index in [-0.39, 0.29) is 12.1 Å². The topological polar surface area (TPSA) is 50.4 Å². The van der Waals surface area contributed by atoms with E-state index in [0.717, 1.165) is 24.2 Å². The molecule has 5 heteroatoms. The van der Waals surface area contributed by atoms with Gasteiger partial charge in [-0.1, -0.05) is 24.3 Å². The van der Waals surface area contributed by atoms with Crippen molar-refractivity contribution in [3.8, 4) is 5.75 Å². The van der Waals surface area contributed by atoms with Gasteiger partial charge in [0.25, 0.3) is 0 Å². The summed E-state index contributed by atoms with van der Waals surface area (Å²) >= 11 is 1.71. The lowest BCUT2D eigenvalue weighted by atomic mass is 10.0. The summed E-state index contributed by atoms with van der Waals surface area (Å²) in [6.07, 6.45) is 1.68. The van der Waals surface area contributed by atoms with Gasteiger partial charge in [0.2, 0.25) is 0 Å². The smallest absolute Gasteiger partial charge is 0.315 e. The van der Waals surface area contributed by atoms with Crippen LogP contribution in [0.25, 0.3) is 0 Å². The molecule has 4 nitrogen and oxygen atoms in total. The minimum Gasteiger partial charge on any atom is -0.491 e. The Labute approximate surface area is 128 Å². The van der Waals surface area contributed by atoms with Gasteiger partial charge in [0.15, 0.2) is 0 Å². The van der Waals surface area contributed by atoms with E-state index in [4.69, 9.17) is 4.74 Å². The number of ether oxygens (including phenoxy) is 1. The number of fused-ring (bicyclic) bond motifs is 1. The largest absolute Gasteiger partial charge is 0.491 e. The van der Waals surface area contributed by atoms with Gasteiger partial charge in [-0.05, 0) is 35.9 Å². The van der Waals surface area contributed by atoms with E-state index in [1.165, 1.54) is 4.88 Å². The number of nitrogens with one attached hydrogen (secondary N) is 2. The second-order valence-corrected chi connectivity index (χ2v) is 6.08. The lowest BCUT2D eigenvalue weighted by Crippen LogP contribution is -2.47. The molecule has 1 atom stereocenters. The van der Waals surface area contributed by atoms with Crippen LogP contribution in [0.15, 0.2) is 41.8 Å². The number of amides is 2. The zero-order valence-corrected chi connectivity index (χ0v) is 12.5. The van der Waals surface area contributed by atoms with E-state index in [0.29, 0.717) is 13.2 Å². The van der Waals surface area contributed by atoms with Crippen molar-refractivity contribution in [2.24, 2.45) is 0 Å². The zero-order chi connectivity index (χ0) is 14.5. The number of hydrogen-bond acceptors (Lipinski definition) is 3. The third kappa shape index (κ3) is 3.76. The second-order valence-electron chi connectivity index (χ2n) is 5.05. The summed E-state index contributed by atoms with van der Waals surface area (Å²) < 4.78 is 5.66. The zero-order valence-electron chi connectivity index (χ0n) is 11.7. The Morgan fingerprint density at radius 2 is 2.19 bits per heavy atom. The molecule has 21 heavy (non-hydrogen) atoms. The molecule has 1 aliphatic rings. The fourth-order valence-corrected chi connectivity index (χ4v) is 3.12. The lowest BCUT2D eigenvalue weighted by Gasteiger charge is -2.26. The van der Waals surface area contributed by atoms with Crippen molar-refractivity contribution in [1.82, 2.24) is 10.6 Å². The summed E-state index contributed by atoms with van der Waals surface area (Å²) in [5.74, 6) is 0.925. The number of benzene rings is 1. The van der Waals surface area contributed by atoms with Crippen LogP contribution in [0, 0.1) is 0 Å². The SMILES string of the molecule is O=C(NCCc1cccs1)NC1COc2ccccc2C1. The Hall–Kier alpha value is -2.01. The minimum atomic E-state index is -0.125. The molecule has 0 spiro atoms. The highest BCUT2D eigenvalue weighted by Gasteiger charge is 2.20. The first-order valence-corrected chi connectivity index (χ1v) is 7.96. The summed E-state index contributed by atoms with van der Waals surface area (Å²) in [6.45, 7) is 1.17. The average molecular weight is 302 g/mol. The summed E-state index contributed by atoms with van der Waals surface area (Å²) in [6, 6.07) is 12.0. The van der Waals surface area contributed by atoms with E-state index in [9.17, 15) is 4.79 Å². The summed E-state index contributed by atoms with van der Waals surface area (Å²) in [4.78, 5) is 13.2. The standard InChI is InChI=1S/C16H18N2O2S/c19-16(17-8-7-14-5-3-9-21-14)18-13-10-12-4-1-2-6-15(12)20-11-13/h1-6,9,13H,7-8,10-11H2,(H2,17,18,19). The lowest BCUT2D eigenvalue weighted by molar-refractivity contribution is 0.214. The first-order valence-electron chi connectivity index (χ1n) is 7.09. The molecule has 2 heterocycles. The number of rotatable bonds is 4. The number of carbonyl (C=O) groups is 1. The van der Waals surface area contributed by atoms with Crippen molar-refractivity contribution in [2.45, 2.75) is 18.9 Å². The molecule has 1 aromatic heterocycles. The molecule has 0 saturated heterocycles. The highest BCUT2D eigenvalue weighted by atomic mass is 32.1. The van der Waals surface area contributed by atoms with Gasteiger partial charge in [-0.25, -0.2) is 4.79 Å². The van der Waals surface area contributed by atoms with Crippen LogP contribution in [0.5, 0.6) is 5.75 Å². The quantitative estimate of drug-likeness (QED) is 0.912. The van der Waals surface area contributed by atoms with Crippen LogP contribution < -0.4 is 15.4 Å². The maximum Gasteiger partial charge on any atom is 0.315 e. The Morgan fingerprint density at radius 1 is 1.29 bits per heavy atom. The molecule has 0 bridgehead atoms. The fourth-order valence-electron chi connectivity index (χ4n) is 2.41. The van der Waals surface area contributed by atoms with Crippen molar-refractivity contribution in [3.05, 3.63) is 52.2 Å². The van der Waals surface area contributed by atoms with Gasteiger partial charge in [0.1, 0.15) is 12.4 Å². The Kier molecular flexibility index (Phi) is 4.40. The Morgan fingerprint density at radius 3 is 3.05 bits per heavy atom. The normalized spacial score (nSPS) is 16.7. The molecule has 0 saturated carbocycles. The molecule has 3 rings (SSSR count). The van der Waals surface area contributed by atoms with Crippen molar-refractivity contribution >= 4 is 17.4 Å². The molecular formula is C16H18N2O2S. The van der Waals surface area contributed by atoms with Crippen LogP contribution in [-0.4, -0.2) is 25.2 Å². The van der Waals surface area contributed by atoms with Crippen molar-refractivity contribution < 1.29 is 9.53 Å². The third-order valence-electron chi connectivity index (χ3n) is 3.45. The van der Waals surface area contributed by atoms with E-state index < -0.39 is 0 Å². The highest BCUT2D eigenvalue weighted by molar-refractivity contribution is 7.09. The summed E-state index contributed by atoms with van der Waals surface area (Å²) in [5.41, 5.74) is 1.15. The van der Waals surface area contributed by atoms with Gasteiger partial charge in [0, 0.05) is 11.4 Å². The summed E-state index contributed by atoms with van der Waals surface area (Å²) in [7, 11) is 0. The van der Waals surface area contributed by atoms with Gasteiger partial charge < -0.3 is 15.4 Å². The molecule has 1 aromatic carbocycles. The molecule has 1 unspecified atom stereocenters. The van der Waals surface area contributed by atoms with Gasteiger partial charge in [-0.2, -0.15) is 0 Å². The predicted octanol–water partition coefficient (Wildman–Crippen LogP) is 2.59. The maximum atomic E-state index is 11.9. The molecule has 0 radical (unpaired) electrons. The first kappa shape index (κ1) is 13.9. The van der Waals surface area contributed by atoms with Gasteiger partial charge in [0.05, 0.1) is 6.04 Å². The van der Waals surface area contributed by atoms with Crippen LogP contribution >= 0.6 is 11.3 Å². The summed E-state index contributed by atoms with van der Waals surface area (Å²) in [5, 5.41) is 7.91. The van der Waals surface area contributed by atoms with Crippen LogP contribution in [0.2, 0.25) is 0 Å². The molecular weight excluding hydrogens is 284 g/mol. The van der Waals surface area contributed by atoms with Crippen molar-refractivity contribution in [2.75, 3.05) is 13.2 Å². The molecule has 2 aromatic rings. The molecule has 2 amide bonds. The number of para-hydroxylation sites is 1. The van der Waals surface area contributed by atoms with Crippen molar-refractivity contribution in [3.63, 3.8) is 0 Å². The number of carbonyl (C=O) groups excluding carboxylic acids is 1. The second kappa shape index (κ2) is 6.63. The van der Waals surface area contributed by atoms with Crippen molar-refractivity contribution in [1.29, 1.82) is 0 Å². The average Bonchev–Trinajstić information content (AvgIpc) is 3.00. The first-order chi connectivity index (χ1) is 10.3. The minimum absolute atomic E-state index is 0.0293. The third-order valence-corrected chi connectivity index (χ3v) is 4.39. The number of urea groups is 1. The van der Waals surface area contributed by atoms with E-state index >= 15 is 0 Å². The van der Waals surface area contributed by atoms with Crippen LogP contribution in [0.3, 0.4) is 0 Å². The maximum absolute atomic E-state index is 11.9. The van der Waals surface area contributed by atoms with Gasteiger partial charge >= 0.3 is 6.03 Å². The Bertz CT molecular complexity index is 598. The van der Waals surface area contributed by atoms with Gasteiger partial charge in [-0.3, -0.25) is 0 Å². The van der Waals surface area contributed by atoms with Gasteiger partial charge in [-0.15, -0.1) is 11.3 Å². The van der Waals surface area contributed by atoms with Crippen LogP contribution in [0.1, 0.15) is 10.4 Å². The highest BCUT2D eigenvalue weighted by Crippen LogP contribution is 2.23. The van der Waals surface area contributed by atoms with Crippen LogP contribution in [0.4, 0.5) is 4.79 Å². The fraction of sp³-hybridized carbons (Fsp3) is 0.312. The number of hydrogen-bond donors (Lipinski definition) is 2. The molecule has 2 N–H and O–H groups in total. The van der Waals surface area contributed by atoms with E-state index in [1.54, 1.807) is 11.3 Å². The monoisotopic (exact) mass is 302 g/mol. The molecule has 0 aliphatic carbocycles. The Balaban J connectivity index is 1.43. The van der Waals surface area contributed by atoms with Crippen LogP contribution in [-0.2, 0) is 12.8 Å². The molecule has 0 fully saturated rings. The molecule has 110 valence electrons.